The van der Waals surface area contributed by atoms with Crippen molar-refractivity contribution in [3.8, 4) is 11.6 Å². The number of ether oxygens (including phenoxy) is 1. The molecule has 0 spiro atoms. The quantitative estimate of drug-likeness (QED) is 0.819. The number of pyridine rings is 1. The van der Waals surface area contributed by atoms with Gasteiger partial charge < -0.3 is 4.74 Å². The van der Waals surface area contributed by atoms with E-state index >= 15 is 0 Å². The molecule has 2 rings (SSSR count). The Morgan fingerprint density at radius 1 is 1.12 bits per heavy atom. The number of aromatic nitrogens is 1. The van der Waals surface area contributed by atoms with Crippen LogP contribution >= 0.6 is 15.9 Å². The highest BCUT2D eigenvalue weighted by Crippen LogP contribution is 2.29. The fourth-order valence-corrected chi connectivity index (χ4v) is 1.72. The van der Waals surface area contributed by atoms with Crippen molar-refractivity contribution in [3.63, 3.8) is 0 Å². The standard InChI is InChI=1S/C13H12BrNO/c1-9-5-3-7-12(10(9)2)16-13-11(14)6-4-8-15-13/h3-8H,1-2H3. The molecule has 0 unspecified atom stereocenters. The summed E-state index contributed by atoms with van der Waals surface area (Å²) >= 11 is 3.41. The Labute approximate surface area is 103 Å². The fourth-order valence-electron chi connectivity index (χ4n) is 1.39. The maximum absolute atomic E-state index is 5.76. The lowest BCUT2D eigenvalue weighted by atomic mass is 10.1. The van der Waals surface area contributed by atoms with E-state index in [1.54, 1.807) is 6.20 Å². The van der Waals surface area contributed by atoms with Gasteiger partial charge in [-0.25, -0.2) is 4.98 Å². The molecular weight excluding hydrogens is 266 g/mol. The summed E-state index contributed by atoms with van der Waals surface area (Å²) in [5.41, 5.74) is 2.35. The number of benzene rings is 1. The lowest BCUT2D eigenvalue weighted by Gasteiger charge is -2.10. The van der Waals surface area contributed by atoms with E-state index in [0.717, 1.165) is 15.8 Å². The molecule has 0 amide bonds. The maximum atomic E-state index is 5.76. The van der Waals surface area contributed by atoms with Crippen LogP contribution in [-0.2, 0) is 0 Å². The summed E-state index contributed by atoms with van der Waals surface area (Å²) in [5.74, 6) is 1.44. The highest BCUT2D eigenvalue weighted by Gasteiger charge is 2.06. The van der Waals surface area contributed by atoms with Gasteiger partial charge in [0.1, 0.15) is 5.75 Å². The third kappa shape index (κ3) is 2.25. The molecule has 0 N–H and O–H groups in total. The smallest absolute Gasteiger partial charge is 0.233 e. The molecule has 82 valence electrons. The van der Waals surface area contributed by atoms with Crippen LogP contribution in [0.2, 0.25) is 0 Å². The van der Waals surface area contributed by atoms with Crippen LogP contribution in [0.1, 0.15) is 11.1 Å². The Hall–Kier alpha value is -1.35. The van der Waals surface area contributed by atoms with Gasteiger partial charge in [-0.3, -0.25) is 0 Å². The number of aryl methyl sites for hydroxylation is 1. The molecule has 1 aromatic heterocycles. The van der Waals surface area contributed by atoms with Gasteiger partial charge in [0, 0.05) is 6.20 Å². The zero-order chi connectivity index (χ0) is 11.5. The van der Waals surface area contributed by atoms with E-state index in [1.165, 1.54) is 5.56 Å². The molecule has 0 aliphatic rings. The average molecular weight is 278 g/mol. The van der Waals surface area contributed by atoms with Gasteiger partial charge in [0.15, 0.2) is 0 Å². The van der Waals surface area contributed by atoms with Crippen LogP contribution in [0.5, 0.6) is 11.6 Å². The van der Waals surface area contributed by atoms with Gasteiger partial charge in [-0.05, 0) is 59.1 Å². The fraction of sp³-hybridized carbons (Fsp3) is 0.154. The van der Waals surface area contributed by atoms with Crippen LogP contribution in [0.15, 0.2) is 41.0 Å². The Balaban J connectivity index is 2.35. The van der Waals surface area contributed by atoms with Gasteiger partial charge in [0.05, 0.1) is 4.47 Å². The molecule has 0 saturated carbocycles. The first-order valence-corrected chi connectivity index (χ1v) is 5.82. The molecule has 0 aliphatic carbocycles. The first kappa shape index (κ1) is 11.1. The molecule has 16 heavy (non-hydrogen) atoms. The first-order valence-electron chi connectivity index (χ1n) is 5.03. The van der Waals surface area contributed by atoms with Crippen LogP contribution in [-0.4, -0.2) is 4.98 Å². The van der Waals surface area contributed by atoms with E-state index < -0.39 is 0 Å². The summed E-state index contributed by atoms with van der Waals surface area (Å²) in [5, 5.41) is 0. The maximum Gasteiger partial charge on any atom is 0.233 e. The number of hydrogen-bond donors (Lipinski definition) is 0. The second kappa shape index (κ2) is 4.66. The molecule has 0 radical (unpaired) electrons. The van der Waals surface area contributed by atoms with Crippen molar-refractivity contribution in [2.75, 3.05) is 0 Å². The molecule has 0 bridgehead atoms. The molecule has 0 aliphatic heterocycles. The predicted molar refractivity (Wildman–Crippen MR) is 67.9 cm³/mol. The Kier molecular flexibility index (Phi) is 3.25. The minimum Gasteiger partial charge on any atom is -0.438 e. The molecule has 2 aromatic rings. The van der Waals surface area contributed by atoms with Crippen molar-refractivity contribution in [1.82, 2.24) is 4.98 Å². The summed E-state index contributed by atoms with van der Waals surface area (Å²) in [6.07, 6.45) is 1.71. The van der Waals surface area contributed by atoms with Crippen LogP contribution in [0.3, 0.4) is 0 Å². The lowest BCUT2D eigenvalue weighted by Crippen LogP contribution is -1.92. The lowest BCUT2D eigenvalue weighted by molar-refractivity contribution is 0.456. The van der Waals surface area contributed by atoms with Gasteiger partial charge in [-0.2, -0.15) is 0 Å². The normalized spacial score (nSPS) is 10.2. The second-order valence-electron chi connectivity index (χ2n) is 3.59. The third-order valence-electron chi connectivity index (χ3n) is 2.49. The number of hydrogen-bond acceptors (Lipinski definition) is 2. The summed E-state index contributed by atoms with van der Waals surface area (Å²) in [6.45, 7) is 4.11. The minimum absolute atomic E-state index is 0.594. The number of rotatable bonds is 2. The van der Waals surface area contributed by atoms with Crippen molar-refractivity contribution in [2.24, 2.45) is 0 Å². The second-order valence-corrected chi connectivity index (χ2v) is 4.44. The topological polar surface area (TPSA) is 22.1 Å². The van der Waals surface area contributed by atoms with E-state index in [1.807, 2.05) is 31.2 Å². The number of nitrogens with zero attached hydrogens (tertiary/aromatic N) is 1. The summed E-state index contributed by atoms with van der Waals surface area (Å²) in [7, 11) is 0. The molecule has 0 saturated heterocycles. The van der Waals surface area contributed by atoms with E-state index in [9.17, 15) is 0 Å². The molecule has 1 aromatic carbocycles. The van der Waals surface area contributed by atoms with Gasteiger partial charge in [-0.1, -0.05) is 12.1 Å². The Bertz CT molecular complexity index is 511. The summed E-state index contributed by atoms with van der Waals surface area (Å²) in [4.78, 5) is 4.18. The highest BCUT2D eigenvalue weighted by molar-refractivity contribution is 9.10. The van der Waals surface area contributed by atoms with Crippen LogP contribution in [0, 0.1) is 13.8 Å². The Morgan fingerprint density at radius 2 is 1.94 bits per heavy atom. The average Bonchev–Trinajstić information content (AvgIpc) is 2.28. The van der Waals surface area contributed by atoms with Gasteiger partial charge in [0.25, 0.3) is 0 Å². The van der Waals surface area contributed by atoms with Crippen molar-refractivity contribution in [2.45, 2.75) is 13.8 Å². The number of halogens is 1. The molecular formula is C13H12BrNO. The molecule has 0 atom stereocenters. The van der Waals surface area contributed by atoms with E-state index in [0.29, 0.717) is 5.88 Å². The monoisotopic (exact) mass is 277 g/mol. The first-order chi connectivity index (χ1) is 7.68. The van der Waals surface area contributed by atoms with E-state index in [4.69, 9.17) is 4.74 Å². The van der Waals surface area contributed by atoms with Gasteiger partial charge >= 0.3 is 0 Å². The van der Waals surface area contributed by atoms with E-state index in [2.05, 4.69) is 33.9 Å². The molecule has 1 heterocycles. The highest BCUT2D eigenvalue weighted by atomic mass is 79.9. The SMILES string of the molecule is Cc1cccc(Oc2ncccc2Br)c1C. The Morgan fingerprint density at radius 3 is 2.69 bits per heavy atom. The van der Waals surface area contributed by atoms with E-state index in [-0.39, 0.29) is 0 Å². The van der Waals surface area contributed by atoms with Crippen LogP contribution in [0.4, 0.5) is 0 Å². The molecule has 0 fully saturated rings. The zero-order valence-electron chi connectivity index (χ0n) is 9.20. The van der Waals surface area contributed by atoms with Crippen LogP contribution in [0.25, 0.3) is 0 Å². The molecule has 3 heteroatoms. The van der Waals surface area contributed by atoms with Crippen molar-refractivity contribution >= 4 is 15.9 Å². The van der Waals surface area contributed by atoms with Gasteiger partial charge in [0.2, 0.25) is 5.88 Å². The summed E-state index contributed by atoms with van der Waals surface area (Å²) in [6, 6.07) is 9.77. The minimum atomic E-state index is 0.594. The van der Waals surface area contributed by atoms with Crippen molar-refractivity contribution in [1.29, 1.82) is 0 Å². The molecule has 2 nitrogen and oxygen atoms in total. The third-order valence-corrected chi connectivity index (χ3v) is 3.09. The summed E-state index contributed by atoms with van der Waals surface area (Å²) < 4.78 is 6.62. The van der Waals surface area contributed by atoms with Crippen molar-refractivity contribution in [3.05, 3.63) is 52.1 Å². The van der Waals surface area contributed by atoms with Crippen molar-refractivity contribution < 1.29 is 4.74 Å². The van der Waals surface area contributed by atoms with Gasteiger partial charge in [-0.15, -0.1) is 0 Å². The predicted octanol–water partition coefficient (Wildman–Crippen LogP) is 4.25. The van der Waals surface area contributed by atoms with Crippen LogP contribution < -0.4 is 4.74 Å². The zero-order valence-corrected chi connectivity index (χ0v) is 10.8. The largest absolute Gasteiger partial charge is 0.438 e.